The van der Waals surface area contributed by atoms with Crippen molar-refractivity contribution in [3.8, 4) is 11.5 Å². The lowest BCUT2D eigenvalue weighted by atomic mass is 10.1. The lowest BCUT2D eigenvalue weighted by molar-refractivity contribution is -0.138. The zero-order valence-corrected chi connectivity index (χ0v) is 18.3. The summed E-state index contributed by atoms with van der Waals surface area (Å²) < 4.78 is 10.1. The fraction of sp³-hybridized carbons (Fsp3) is 0.143. The molecular weight excluding hydrogens is 449 g/mol. The van der Waals surface area contributed by atoms with Crippen molar-refractivity contribution in [3.63, 3.8) is 0 Å². The van der Waals surface area contributed by atoms with Crippen LogP contribution in [0.25, 0.3) is 6.08 Å². The van der Waals surface area contributed by atoms with Gasteiger partial charge in [-0.15, -0.1) is 0 Å². The standard InChI is InChI=1S/C21H17Cl2NO5S/c1-3-29-21(27)18-19(26)17(9-11-4-7-16(28-2)15(25)8-11)30-20(18)24-14-6-5-12(22)10-13(14)23/h4-10,25-26H,3H2,1-2H3. The number of nitrogens with zero attached hydrogens (tertiary/aromatic N) is 1. The lowest BCUT2D eigenvalue weighted by Crippen LogP contribution is -2.12. The molecule has 1 aliphatic rings. The van der Waals surface area contributed by atoms with Crippen molar-refractivity contribution in [3.05, 3.63) is 68.2 Å². The van der Waals surface area contributed by atoms with Gasteiger partial charge >= 0.3 is 5.97 Å². The summed E-state index contributed by atoms with van der Waals surface area (Å²) in [4.78, 5) is 17.3. The van der Waals surface area contributed by atoms with E-state index in [2.05, 4.69) is 4.99 Å². The first kappa shape index (κ1) is 22.1. The predicted octanol–water partition coefficient (Wildman–Crippen LogP) is 5.90. The number of halogens is 2. The van der Waals surface area contributed by atoms with Crippen LogP contribution < -0.4 is 4.74 Å². The number of carbonyl (C=O) groups is 1. The minimum atomic E-state index is -0.702. The number of carbonyl (C=O) groups excluding carboxylic acids is 1. The van der Waals surface area contributed by atoms with Crippen LogP contribution in [0.2, 0.25) is 10.0 Å². The SMILES string of the molecule is CCOC(=O)C1=C(O)C(=Cc2ccc(OC)c(O)c2)SC1=Nc1ccc(Cl)cc1Cl. The molecule has 0 spiro atoms. The first-order valence-corrected chi connectivity index (χ1v) is 10.3. The molecule has 0 saturated carbocycles. The average Bonchev–Trinajstić information content (AvgIpc) is 2.99. The van der Waals surface area contributed by atoms with Gasteiger partial charge in [0.2, 0.25) is 0 Å². The summed E-state index contributed by atoms with van der Waals surface area (Å²) in [7, 11) is 1.45. The van der Waals surface area contributed by atoms with E-state index in [0.29, 0.717) is 32.0 Å². The number of thioether (sulfide) groups is 1. The number of benzene rings is 2. The van der Waals surface area contributed by atoms with Gasteiger partial charge in [0.15, 0.2) is 11.5 Å². The molecule has 2 aromatic carbocycles. The molecule has 0 saturated heterocycles. The van der Waals surface area contributed by atoms with Crippen LogP contribution in [0.4, 0.5) is 5.69 Å². The van der Waals surface area contributed by atoms with Crippen molar-refractivity contribution in [2.24, 2.45) is 4.99 Å². The number of ether oxygens (including phenoxy) is 2. The van der Waals surface area contributed by atoms with Gasteiger partial charge in [-0.2, -0.15) is 0 Å². The highest BCUT2D eigenvalue weighted by molar-refractivity contribution is 8.18. The van der Waals surface area contributed by atoms with Crippen molar-refractivity contribution in [2.45, 2.75) is 6.92 Å². The van der Waals surface area contributed by atoms with Gasteiger partial charge in [0.25, 0.3) is 0 Å². The third kappa shape index (κ3) is 4.75. The van der Waals surface area contributed by atoms with Gasteiger partial charge in [-0.1, -0.05) is 41.0 Å². The molecule has 0 aliphatic carbocycles. The van der Waals surface area contributed by atoms with E-state index in [9.17, 15) is 15.0 Å². The Morgan fingerprint density at radius 1 is 1.20 bits per heavy atom. The maximum atomic E-state index is 12.5. The summed E-state index contributed by atoms with van der Waals surface area (Å²) in [6.07, 6.45) is 1.62. The molecule has 0 radical (unpaired) electrons. The van der Waals surface area contributed by atoms with Crippen LogP contribution >= 0.6 is 35.0 Å². The Morgan fingerprint density at radius 3 is 2.60 bits per heavy atom. The Hall–Kier alpha value is -2.61. The number of aromatic hydroxyl groups is 1. The third-order valence-corrected chi connectivity index (χ3v) is 5.56. The van der Waals surface area contributed by atoms with E-state index in [4.69, 9.17) is 32.7 Å². The summed E-state index contributed by atoms with van der Waals surface area (Å²) in [5.41, 5.74) is 0.926. The highest BCUT2D eigenvalue weighted by atomic mass is 35.5. The van der Waals surface area contributed by atoms with Crippen LogP contribution in [-0.4, -0.2) is 34.9 Å². The Bertz CT molecular complexity index is 1090. The minimum absolute atomic E-state index is 0.0502. The van der Waals surface area contributed by atoms with Crippen molar-refractivity contribution < 1.29 is 24.5 Å². The molecule has 3 rings (SSSR count). The van der Waals surface area contributed by atoms with Crippen molar-refractivity contribution in [2.75, 3.05) is 13.7 Å². The van der Waals surface area contributed by atoms with E-state index in [-0.39, 0.29) is 28.7 Å². The Labute approximate surface area is 187 Å². The van der Waals surface area contributed by atoms with Crippen LogP contribution in [0.3, 0.4) is 0 Å². The fourth-order valence-corrected chi connectivity index (χ4v) is 4.10. The molecule has 0 atom stereocenters. The molecule has 156 valence electrons. The van der Waals surface area contributed by atoms with E-state index in [1.54, 1.807) is 37.3 Å². The molecule has 2 N–H and O–H groups in total. The second-order valence-electron chi connectivity index (χ2n) is 6.00. The van der Waals surface area contributed by atoms with E-state index >= 15 is 0 Å². The lowest BCUT2D eigenvalue weighted by Gasteiger charge is -2.05. The topological polar surface area (TPSA) is 88.4 Å². The highest BCUT2D eigenvalue weighted by Crippen LogP contribution is 2.41. The molecule has 1 heterocycles. The number of esters is 1. The molecule has 0 aromatic heterocycles. The molecule has 6 nitrogen and oxygen atoms in total. The fourth-order valence-electron chi connectivity index (χ4n) is 2.62. The van der Waals surface area contributed by atoms with Gasteiger partial charge in [-0.05, 0) is 48.9 Å². The van der Waals surface area contributed by atoms with Crippen LogP contribution in [0.15, 0.2) is 57.6 Å². The smallest absolute Gasteiger partial charge is 0.344 e. The number of hydrogen-bond acceptors (Lipinski definition) is 7. The zero-order valence-electron chi connectivity index (χ0n) is 16.0. The van der Waals surface area contributed by atoms with Crippen molar-refractivity contribution >= 4 is 57.7 Å². The Kier molecular flexibility index (Phi) is 6.97. The number of aliphatic hydroxyl groups is 1. The number of aliphatic imine (C=N–C) groups is 1. The van der Waals surface area contributed by atoms with Crippen molar-refractivity contribution in [1.29, 1.82) is 0 Å². The van der Waals surface area contributed by atoms with Crippen LogP contribution in [0, 0.1) is 0 Å². The van der Waals surface area contributed by atoms with Crippen molar-refractivity contribution in [1.82, 2.24) is 0 Å². The summed E-state index contributed by atoms with van der Waals surface area (Å²) in [6.45, 7) is 1.81. The molecule has 9 heteroatoms. The van der Waals surface area contributed by atoms with Crippen LogP contribution in [-0.2, 0) is 9.53 Å². The normalized spacial score (nSPS) is 16.4. The molecule has 0 bridgehead atoms. The van der Waals surface area contributed by atoms with Crippen LogP contribution in [0.1, 0.15) is 12.5 Å². The van der Waals surface area contributed by atoms with E-state index in [1.165, 1.54) is 19.2 Å². The minimum Gasteiger partial charge on any atom is -0.506 e. The second-order valence-corrected chi connectivity index (χ2v) is 7.87. The highest BCUT2D eigenvalue weighted by Gasteiger charge is 2.33. The molecule has 30 heavy (non-hydrogen) atoms. The summed E-state index contributed by atoms with van der Waals surface area (Å²) in [5.74, 6) is -0.696. The van der Waals surface area contributed by atoms with E-state index < -0.39 is 5.97 Å². The predicted molar refractivity (Wildman–Crippen MR) is 120 cm³/mol. The van der Waals surface area contributed by atoms with Crippen LogP contribution in [0.5, 0.6) is 11.5 Å². The summed E-state index contributed by atoms with van der Waals surface area (Å²) in [5, 5.41) is 21.7. The maximum absolute atomic E-state index is 12.5. The quantitative estimate of drug-likeness (QED) is 0.534. The molecular formula is C21H17Cl2NO5S. The largest absolute Gasteiger partial charge is 0.506 e. The monoisotopic (exact) mass is 465 g/mol. The van der Waals surface area contributed by atoms with E-state index in [1.807, 2.05) is 0 Å². The van der Waals surface area contributed by atoms with Gasteiger partial charge in [-0.3, -0.25) is 0 Å². The van der Waals surface area contributed by atoms with E-state index in [0.717, 1.165) is 11.8 Å². The molecule has 0 unspecified atom stereocenters. The van der Waals surface area contributed by atoms with Gasteiger partial charge < -0.3 is 19.7 Å². The number of phenolic OH excluding ortho intramolecular Hbond substituents is 1. The van der Waals surface area contributed by atoms with Gasteiger partial charge in [-0.25, -0.2) is 9.79 Å². The summed E-state index contributed by atoms with van der Waals surface area (Å²) >= 11 is 13.2. The number of aliphatic hydroxyl groups excluding tert-OH is 1. The molecule has 1 aliphatic heterocycles. The second kappa shape index (κ2) is 9.47. The molecule has 0 amide bonds. The number of rotatable bonds is 5. The van der Waals surface area contributed by atoms with Gasteiger partial charge in [0.1, 0.15) is 16.4 Å². The first-order valence-electron chi connectivity index (χ1n) is 8.75. The Morgan fingerprint density at radius 2 is 1.97 bits per heavy atom. The number of methoxy groups -OCH3 is 1. The van der Waals surface area contributed by atoms with Gasteiger partial charge in [0.05, 0.1) is 29.3 Å². The number of phenols is 1. The number of hydrogen-bond donors (Lipinski definition) is 2. The van der Waals surface area contributed by atoms with Gasteiger partial charge in [0, 0.05) is 5.02 Å². The maximum Gasteiger partial charge on any atom is 0.344 e. The molecule has 2 aromatic rings. The Balaban J connectivity index is 2.06. The third-order valence-electron chi connectivity index (χ3n) is 4.00. The summed E-state index contributed by atoms with van der Waals surface area (Å²) in [6, 6.07) is 9.55. The first-order chi connectivity index (χ1) is 14.3. The zero-order chi connectivity index (χ0) is 21.8. The average molecular weight is 466 g/mol. The molecule has 0 fully saturated rings.